The van der Waals surface area contributed by atoms with Crippen LogP contribution >= 0.6 is 0 Å². The van der Waals surface area contributed by atoms with Gasteiger partial charge in [-0.3, -0.25) is 10.0 Å². The third-order valence-corrected chi connectivity index (χ3v) is 2.53. The maximum absolute atomic E-state index is 5.12. The lowest BCUT2D eigenvalue weighted by Gasteiger charge is -2.18. The Balaban J connectivity index is 2.75. The van der Waals surface area contributed by atoms with Crippen LogP contribution in [0.1, 0.15) is 12.5 Å². The van der Waals surface area contributed by atoms with Gasteiger partial charge in [-0.2, -0.15) is 5.10 Å². The summed E-state index contributed by atoms with van der Waals surface area (Å²) >= 11 is 0. The molecule has 0 fully saturated rings. The largest absolute Gasteiger partial charge is 0.497 e. The van der Waals surface area contributed by atoms with Gasteiger partial charge in [0.15, 0.2) is 0 Å². The molecular formula is C14H19N3O. The highest BCUT2D eigenvalue weighted by Crippen LogP contribution is 2.15. The molecule has 0 amide bonds. The molecular weight excluding hydrogens is 226 g/mol. The Morgan fingerprint density at radius 3 is 2.56 bits per heavy atom. The molecule has 0 aliphatic carbocycles. The molecule has 0 heterocycles. The SMILES string of the molecule is C=NN(Cc1ccc(OC)cc1)/C(C)=C/C=N\C. The molecule has 0 saturated heterocycles. The van der Waals surface area contributed by atoms with E-state index in [-0.39, 0.29) is 0 Å². The van der Waals surface area contributed by atoms with Crippen LogP contribution in [0.15, 0.2) is 46.1 Å². The van der Waals surface area contributed by atoms with E-state index < -0.39 is 0 Å². The third-order valence-electron chi connectivity index (χ3n) is 2.53. The van der Waals surface area contributed by atoms with Crippen molar-refractivity contribution in [1.82, 2.24) is 5.01 Å². The van der Waals surface area contributed by atoms with Gasteiger partial charge in [0.1, 0.15) is 5.75 Å². The summed E-state index contributed by atoms with van der Waals surface area (Å²) in [6, 6.07) is 7.89. The zero-order chi connectivity index (χ0) is 13.4. The molecule has 0 radical (unpaired) electrons. The quantitative estimate of drug-likeness (QED) is 0.571. The zero-order valence-corrected chi connectivity index (χ0v) is 11.1. The lowest BCUT2D eigenvalue weighted by atomic mass is 10.2. The van der Waals surface area contributed by atoms with Crippen LogP contribution in [0.5, 0.6) is 5.75 Å². The first kappa shape index (κ1) is 14.0. The minimum absolute atomic E-state index is 0.674. The maximum atomic E-state index is 5.12. The molecule has 1 aromatic rings. The number of nitrogens with zero attached hydrogens (tertiary/aromatic N) is 3. The van der Waals surface area contributed by atoms with Gasteiger partial charge in [0, 0.05) is 25.7 Å². The van der Waals surface area contributed by atoms with Crippen LogP contribution in [-0.2, 0) is 6.54 Å². The monoisotopic (exact) mass is 245 g/mol. The van der Waals surface area contributed by atoms with Gasteiger partial charge in [-0.1, -0.05) is 12.1 Å². The molecule has 0 spiro atoms. The van der Waals surface area contributed by atoms with Crippen LogP contribution < -0.4 is 4.74 Å². The van der Waals surface area contributed by atoms with Crippen molar-refractivity contribution >= 4 is 12.9 Å². The highest BCUT2D eigenvalue weighted by atomic mass is 16.5. The van der Waals surface area contributed by atoms with E-state index in [2.05, 4.69) is 16.8 Å². The summed E-state index contributed by atoms with van der Waals surface area (Å²) < 4.78 is 5.12. The molecule has 0 bridgehead atoms. The van der Waals surface area contributed by atoms with Gasteiger partial charge in [0.2, 0.25) is 0 Å². The van der Waals surface area contributed by atoms with Gasteiger partial charge >= 0.3 is 0 Å². The first-order chi connectivity index (χ1) is 8.71. The van der Waals surface area contributed by atoms with Gasteiger partial charge in [0.05, 0.1) is 13.7 Å². The highest BCUT2D eigenvalue weighted by Gasteiger charge is 2.03. The second-order valence-corrected chi connectivity index (χ2v) is 3.76. The van der Waals surface area contributed by atoms with E-state index in [1.807, 2.05) is 42.3 Å². The fourth-order valence-electron chi connectivity index (χ4n) is 1.46. The van der Waals surface area contributed by atoms with Crippen LogP contribution in [0, 0.1) is 0 Å². The Morgan fingerprint density at radius 2 is 2.06 bits per heavy atom. The summed E-state index contributed by atoms with van der Waals surface area (Å²) in [5.74, 6) is 0.849. The Bertz CT molecular complexity index is 435. The van der Waals surface area contributed by atoms with Crippen molar-refractivity contribution in [3.05, 3.63) is 41.6 Å². The van der Waals surface area contributed by atoms with Crippen LogP contribution in [0.4, 0.5) is 0 Å². The molecule has 0 aliphatic heterocycles. The average Bonchev–Trinajstić information content (AvgIpc) is 2.42. The average molecular weight is 245 g/mol. The molecule has 1 rings (SSSR count). The number of hydrogen-bond donors (Lipinski definition) is 0. The van der Waals surface area contributed by atoms with Crippen LogP contribution in [0.25, 0.3) is 0 Å². The van der Waals surface area contributed by atoms with E-state index in [0.717, 1.165) is 17.0 Å². The third kappa shape index (κ3) is 4.05. The highest BCUT2D eigenvalue weighted by molar-refractivity contribution is 5.71. The van der Waals surface area contributed by atoms with Gasteiger partial charge in [-0.25, -0.2) is 0 Å². The van der Waals surface area contributed by atoms with Crippen LogP contribution in [0.2, 0.25) is 0 Å². The second-order valence-electron chi connectivity index (χ2n) is 3.76. The predicted octanol–water partition coefficient (Wildman–Crippen LogP) is 2.72. The van der Waals surface area contributed by atoms with E-state index >= 15 is 0 Å². The van der Waals surface area contributed by atoms with Gasteiger partial charge in [-0.05, 0) is 30.7 Å². The standard InChI is InChI=1S/C14H19N3O/c1-12(9-10-15-2)17(16-3)11-13-5-7-14(18-4)8-6-13/h5-10H,3,11H2,1-2,4H3/b12-9+,15-10-. The topological polar surface area (TPSA) is 37.2 Å². The second kappa shape index (κ2) is 7.27. The summed E-state index contributed by atoms with van der Waals surface area (Å²) in [4.78, 5) is 3.92. The van der Waals surface area contributed by atoms with E-state index in [1.165, 1.54) is 0 Å². The summed E-state index contributed by atoms with van der Waals surface area (Å²) in [6.45, 7) is 6.23. The summed E-state index contributed by atoms with van der Waals surface area (Å²) in [5, 5.41) is 5.82. The smallest absolute Gasteiger partial charge is 0.118 e. The minimum Gasteiger partial charge on any atom is -0.497 e. The summed E-state index contributed by atoms with van der Waals surface area (Å²) in [7, 11) is 3.39. The number of hydrogen-bond acceptors (Lipinski definition) is 4. The molecule has 0 saturated carbocycles. The number of rotatable bonds is 6. The lowest BCUT2D eigenvalue weighted by molar-refractivity contribution is 0.361. The van der Waals surface area contributed by atoms with Crippen molar-refractivity contribution in [3.8, 4) is 5.75 Å². The Labute approximate surface area is 108 Å². The lowest BCUT2D eigenvalue weighted by Crippen LogP contribution is -2.14. The zero-order valence-electron chi connectivity index (χ0n) is 11.1. The van der Waals surface area contributed by atoms with Crippen molar-refractivity contribution in [2.75, 3.05) is 14.2 Å². The van der Waals surface area contributed by atoms with E-state index in [0.29, 0.717) is 6.54 Å². The molecule has 0 aromatic heterocycles. The first-order valence-electron chi connectivity index (χ1n) is 5.67. The first-order valence-corrected chi connectivity index (χ1v) is 5.67. The molecule has 18 heavy (non-hydrogen) atoms. The number of methoxy groups -OCH3 is 1. The number of hydrazone groups is 1. The normalized spacial score (nSPS) is 11.6. The van der Waals surface area contributed by atoms with Crippen molar-refractivity contribution in [2.45, 2.75) is 13.5 Å². The number of allylic oxidation sites excluding steroid dienone is 2. The van der Waals surface area contributed by atoms with Crippen molar-refractivity contribution < 1.29 is 4.74 Å². The van der Waals surface area contributed by atoms with E-state index in [1.54, 1.807) is 20.4 Å². The summed E-state index contributed by atoms with van der Waals surface area (Å²) in [5.41, 5.74) is 2.14. The fourth-order valence-corrected chi connectivity index (χ4v) is 1.46. The predicted molar refractivity (Wildman–Crippen MR) is 76.3 cm³/mol. The Kier molecular flexibility index (Phi) is 5.64. The maximum Gasteiger partial charge on any atom is 0.118 e. The molecule has 96 valence electrons. The number of aliphatic imine (C=N–C) groups is 1. The Morgan fingerprint density at radius 1 is 1.39 bits per heavy atom. The summed E-state index contributed by atoms with van der Waals surface area (Å²) in [6.07, 6.45) is 3.64. The number of benzene rings is 1. The molecule has 0 atom stereocenters. The van der Waals surface area contributed by atoms with Gasteiger partial charge in [-0.15, -0.1) is 0 Å². The molecule has 0 aliphatic rings. The van der Waals surface area contributed by atoms with Gasteiger partial charge < -0.3 is 4.74 Å². The van der Waals surface area contributed by atoms with Crippen molar-refractivity contribution in [2.24, 2.45) is 10.1 Å². The minimum atomic E-state index is 0.674. The molecule has 0 N–H and O–H groups in total. The van der Waals surface area contributed by atoms with E-state index in [9.17, 15) is 0 Å². The van der Waals surface area contributed by atoms with Crippen LogP contribution in [-0.4, -0.2) is 32.1 Å². The van der Waals surface area contributed by atoms with Gasteiger partial charge in [0.25, 0.3) is 0 Å². The molecule has 4 heteroatoms. The number of ether oxygens (including phenoxy) is 1. The Hall–Kier alpha value is -2.10. The van der Waals surface area contributed by atoms with Crippen LogP contribution in [0.3, 0.4) is 0 Å². The molecule has 4 nitrogen and oxygen atoms in total. The molecule has 1 aromatic carbocycles. The molecule has 0 unspecified atom stereocenters. The van der Waals surface area contributed by atoms with E-state index in [4.69, 9.17) is 4.74 Å². The van der Waals surface area contributed by atoms with Crippen molar-refractivity contribution in [3.63, 3.8) is 0 Å². The fraction of sp³-hybridized carbons (Fsp3) is 0.286. The van der Waals surface area contributed by atoms with Crippen molar-refractivity contribution in [1.29, 1.82) is 0 Å².